The summed E-state index contributed by atoms with van der Waals surface area (Å²) in [5.41, 5.74) is -0.00324. The third-order valence-corrected chi connectivity index (χ3v) is 4.58. The highest BCUT2D eigenvalue weighted by molar-refractivity contribution is 6.18. The summed E-state index contributed by atoms with van der Waals surface area (Å²) in [7, 11) is 6.83. The molecule has 0 saturated carbocycles. The number of ketones is 2. The van der Waals surface area contributed by atoms with Gasteiger partial charge < -0.3 is 43.7 Å². The van der Waals surface area contributed by atoms with Crippen LogP contribution in [0, 0.1) is 0 Å². The molecule has 0 saturated heterocycles. The van der Waals surface area contributed by atoms with Gasteiger partial charge in [0.1, 0.15) is 0 Å². The van der Waals surface area contributed by atoms with Crippen LogP contribution < -0.4 is 18.9 Å². The van der Waals surface area contributed by atoms with Crippen molar-refractivity contribution < 1.29 is 62.9 Å². The van der Waals surface area contributed by atoms with E-state index in [-0.39, 0.29) is 46.7 Å². The van der Waals surface area contributed by atoms with Crippen LogP contribution in [0.1, 0.15) is 10.4 Å². The van der Waals surface area contributed by atoms with Crippen molar-refractivity contribution in [3.8, 4) is 28.7 Å². The Morgan fingerprint density at radius 3 is 1.56 bits per heavy atom. The molecule has 0 spiro atoms. The average molecular weight is 548 g/mol. The van der Waals surface area contributed by atoms with Gasteiger partial charge in [0.05, 0.1) is 41.1 Å². The lowest BCUT2D eigenvalue weighted by atomic mass is 10.1. The van der Waals surface area contributed by atoms with Crippen molar-refractivity contribution in [1.82, 2.24) is 0 Å². The first-order chi connectivity index (χ1) is 18.5. The summed E-state index contributed by atoms with van der Waals surface area (Å²) in [5, 5.41) is 26.5. The lowest BCUT2D eigenvalue weighted by Gasteiger charge is -2.10. The van der Waals surface area contributed by atoms with Crippen LogP contribution in [0.15, 0.2) is 60.1 Å². The standard InChI is InChI=1S/C9H10O5.C9H10O4.C8H8O4/c1-13-6-3-5(9(11)12)4-7(14-2)8(6)10;1-12-7-4-2-3-5-8(7)13-6-9(10)11;1-11-6-3-5(9)4-7(12-2)8(6)10/h3-4,10H,1-2H3,(H,11,12);2-5H,6H2,1H3,(H,10,11);3-4H,1-2H3. The molecule has 13 nitrogen and oxygen atoms in total. The van der Waals surface area contributed by atoms with Crippen LogP contribution in [0.25, 0.3) is 0 Å². The van der Waals surface area contributed by atoms with Crippen LogP contribution in [0.5, 0.6) is 28.7 Å². The number of ether oxygens (including phenoxy) is 6. The fourth-order valence-corrected chi connectivity index (χ4v) is 2.75. The summed E-state index contributed by atoms with van der Waals surface area (Å²) < 4.78 is 28.8. The van der Waals surface area contributed by atoms with Gasteiger partial charge in [-0.25, -0.2) is 9.59 Å². The number of para-hydroxylation sites is 2. The number of aliphatic carboxylic acids is 1. The van der Waals surface area contributed by atoms with E-state index in [1.165, 1.54) is 47.7 Å². The maximum absolute atomic E-state index is 11.2. The number of carbonyl (C=O) groups excluding carboxylic acids is 2. The van der Waals surface area contributed by atoms with Crippen LogP contribution in [0.2, 0.25) is 0 Å². The van der Waals surface area contributed by atoms with Crippen molar-refractivity contribution in [3.05, 3.63) is 65.6 Å². The first kappa shape index (κ1) is 31.8. The average Bonchev–Trinajstić information content (AvgIpc) is 2.93. The number of Topliss-reactive ketones (excluding diaryl/α,β-unsaturated/α-hetero) is 1. The third-order valence-electron chi connectivity index (χ3n) is 4.58. The first-order valence-corrected chi connectivity index (χ1v) is 10.8. The SMILES string of the molecule is COC1=CC(=O)C=C(OC)C1=O.COc1cc(C(=O)O)cc(OC)c1O.COc1ccccc1OCC(=O)O. The van der Waals surface area contributed by atoms with Crippen molar-refractivity contribution in [2.45, 2.75) is 0 Å². The van der Waals surface area contributed by atoms with E-state index >= 15 is 0 Å². The molecule has 0 amide bonds. The molecule has 0 unspecified atom stereocenters. The van der Waals surface area contributed by atoms with Gasteiger partial charge in [-0.05, 0) is 24.3 Å². The zero-order valence-electron chi connectivity index (χ0n) is 21.8. The Kier molecular flexibility index (Phi) is 12.9. The molecule has 1 aliphatic rings. The minimum atomic E-state index is -1.11. The number of carboxylic acid groups (broad SMARTS) is 2. The predicted molar refractivity (Wildman–Crippen MR) is 134 cm³/mol. The number of methoxy groups -OCH3 is 5. The van der Waals surface area contributed by atoms with E-state index in [2.05, 4.69) is 9.47 Å². The minimum Gasteiger partial charge on any atom is -0.502 e. The number of aromatic carboxylic acids is 1. The van der Waals surface area contributed by atoms with E-state index in [0.29, 0.717) is 11.5 Å². The van der Waals surface area contributed by atoms with E-state index < -0.39 is 17.7 Å². The van der Waals surface area contributed by atoms with E-state index in [9.17, 15) is 24.3 Å². The molecule has 0 radical (unpaired) electrons. The zero-order valence-corrected chi connectivity index (χ0v) is 21.8. The molecule has 0 aliphatic heterocycles. The number of rotatable bonds is 9. The third kappa shape index (κ3) is 9.64. The minimum absolute atomic E-state index is 0.00324. The van der Waals surface area contributed by atoms with Crippen molar-refractivity contribution in [3.63, 3.8) is 0 Å². The second-order valence-electron chi connectivity index (χ2n) is 7.02. The maximum Gasteiger partial charge on any atom is 0.341 e. The van der Waals surface area contributed by atoms with Crippen molar-refractivity contribution >= 4 is 23.5 Å². The largest absolute Gasteiger partial charge is 0.502 e. The van der Waals surface area contributed by atoms with Gasteiger partial charge in [-0.3, -0.25) is 9.59 Å². The van der Waals surface area contributed by atoms with E-state index in [1.807, 2.05) is 0 Å². The van der Waals surface area contributed by atoms with Crippen LogP contribution in [-0.4, -0.2) is 81.0 Å². The van der Waals surface area contributed by atoms with Crippen molar-refractivity contribution in [2.75, 3.05) is 42.2 Å². The molecule has 210 valence electrons. The Labute approximate surface area is 223 Å². The van der Waals surface area contributed by atoms with Crippen LogP contribution >= 0.6 is 0 Å². The molecule has 3 N–H and O–H groups in total. The molecule has 3 rings (SSSR count). The number of benzene rings is 2. The van der Waals surface area contributed by atoms with Gasteiger partial charge >= 0.3 is 11.9 Å². The summed E-state index contributed by atoms with van der Waals surface area (Å²) >= 11 is 0. The van der Waals surface area contributed by atoms with Crippen molar-refractivity contribution in [2.24, 2.45) is 0 Å². The molecule has 2 aromatic carbocycles. The second-order valence-corrected chi connectivity index (χ2v) is 7.02. The fraction of sp³-hybridized carbons (Fsp3) is 0.231. The molecule has 13 heteroatoms. The molecule has 0 bridgehead atoms. The maximum atomic E-state index is 11.2. The molecule has 0 atom stereocenters. The van der Waals surface area contributed by atoms with E-state index in [0.717, 1.165) is 12.2 Å². The molecule has 39 heavy (non-hydrogen) atoms. The molecule has 1 aliphatic carbocycles. The number of phenolic OH excluding ortho intramolecular Hbond substituents is 1. The fourth-order valence-electron chi connectivity index (χ4n) is 2.75. The Morgan fingerprint density at radius 2 is 1.18 bits per heavy atom. The highest BCUT2D eigenvalue weighted by Gasteiger charge is 2.22. The van der Waals surface area contributed by atoms with Crippen LogP contribution in [0.4, 0.5) is 0 Å². The lowest BCUT2D eigenvalue weighted by molar-refractivity contribution is -0.139. The topological polar surface area (TPSA) is 184 Å². The first-order valence-electron chi connectivity index (χ1n) is 10.8. The smallest absolute Gasteiger partial charge is 0.341 e. The van der Waals surface area contributed by atoms with Gasteiger partial charge in [0.15, 0.2) is 46.9 Å². The van der Waals surface area contributed by atoms with Gasteiger partial charge in [0, 0.05) is 12.2 Å². The molecular formula is C26H28O13. The number of aromatic hydroxyl groups is 1. The lowest BCUT2D eigenvalue weighted by Crippen LogP contribution is -2.16. The van der Waals surface area contributed by atoms with Gasteiger partial charge in [-0.15, -0.1) is 0 Å². The monoisotopic (exact) mass is 548 g/mol. The Hall–Kier alpha value is -5.20. The molecule has 0 aromatic heterocycles. The quantitative estimate of drug-likeness (QED) is 0.389. The Morgan fingerprint density at radius 1 is 0.718 bits per heavy atom. The summed E-state index contributed by atoms with van der Waals surface area (Å²) in [6, 6.07) is 9.34. The number of hydrogen-bond acceptors (Lipinski definition) is 11. The van der Waals surface area contributed by atoms with Crippen LogP contribution in [0.3, 0.4) is 0 Å². The van der Waals surface area contributed by atoms with Gasteiger partial charge in [0.2, 0.25) is 5.75 Å². The van der Waals surface area contributed by atoms with Crippen LogP contribution in [-0.2, 0) is 23.9 Å². The zero-order chi connectivity index (χ0) is 29.5. The second kappa shape index (κ2) is 15.8. The predicted octanol–water partition coefficient (Wildman–Crippen LogP) is 2.46. The van der Waals surface area contributed by atoms with E-state index in [1.54, 1.807) is 24.3 Å². The molecule has 2 aromatic rings. The Balaban J connectivity index is 0.000000293. The summed E-state index contributed by atoms with van der Waals surface area (Å²) in [4.78, 5) is 42.9. The van der Waals surface area contributed by atoms with Gasteiger partial charge in [-0.1, -0.05) is 12.1 Å². The highest BCUT2D eigenvalue weighted by Crippen LogP contribution is 2.37. The summed E-state index contributed by atoms with van der Waals surface area (Å²) in [6.07, 6.45) is 2.26. The van der Waals surface area contributed by atoms with Crippen molar-refractivity contribution in [1.29, 1.82) is 0 Å². The number of carbonyl (C=O) groups is 4. The number of allylic oxidation sites excluding steroid dienone is 2. The number of phenols is 1. The summed E-state index contributed by atoms with van der Waals surface area (Å²) in [5.74, 6) is -1.89. The number of hydrogen-bond donors (Lipinski definition) is 3. The number of carboxylic acids is 2. The molecule has 0 fully saturated rings. The Bertz CT molecular complexity index is 1190. The van der Waals surface area contributed by atoms with E-state index in [4.69, 9.17) is 29.2 Å². The normalized spacial score (nSPS) is 11.7. The molecular weight excluding hydrogens is 520 g/mol. The van der Waals surface area contributed by atoms with Gasteiger partial charge in [0.25, 0.3) is 5.78 Å². The highest BCUT2D eigenvalue weighted by atomic mass is 16.5. The van der Waals surface area contributed by atoms with Gasteiger partial charge in [-0.2, -0.15) is 0 Å². The molecule has 0 heterocycles. The summed E-state index contributed by atoms with van der Waals surface area (Å²) in [6.45, 7) is -0.361.